The monoisotopic (exact) mass is 1550 g/mol. The Kier molecular flexibility index (Phi) is 88.9. The molecule has 0 aliphatic rings. The maximum atomic E-state index is 2.27. The SMILES string of the molecule is CC(C)C.CC(C)C.CC(C)CC(C)C.CC(C)CC(C)C.CC(C)CC(C)C.CC(C)CC(C)C.CC(C)CC(C)C.CC(C)CC(C)C.CC(C)CC(C)C.CC(C)CC(C)C.CC(C)Cc1cccc2ccccc12.CC(C)Cc1cccc2ccccc12.CC(C)Cc1ccccc1.CC(C)Cc1ccccc1. The molecule has 0 unspecified atom stereocenters. The maximum absolute atomic E-state index is 2.27. The lowest BCUT2D eigenvalue weighted by atomic mass is 9.97. The predicted molar refractivity (Wildman–Crippen MR) is 530 cm³/mol. The Morgan fingerprint density at radius 3 is 0.429 bits per heavy atom. The van der Waals surface area contributed by atoms with Crippen LogP contribution in [0.15, 0.2) is 146 Å². The summed E-state index contributed by atoms with van der Waals surface area (Å²) in [6, 6.07) is 51.6. The normalized spacial score (nSPS) is 10.8. The fourth-order valence-corrected chi connectivity index (χ4v) is 13.5. The number of hydrogen-bond donors (Lipinski definition) is 0. The van der Waals surface area contributed by atoms with Crippen LogP contribution in [0.4, 0.5) is 0 Å². The average molecular weight is 1550 g/mol. The zero-order chi connectivity index (χ0) is 88.8. The molecule has 656 valence electrons. The lowest BCUT2D eigenvalue weighted by Crippen LogP contribution is -1.94. The Labute approximate surface area is 710 Å². The summed E-state index contributed by atoms with van der Waals surface area (Å²) in [5.74, 6) is 18.6. The molecule has 0 aromatic heterocycles. The number of fused-ring (bicyclic) bond motifs is 2. The largest absolute Gasteiger partial charge is 0.0630 e. The second kappa shape index (κ2) is 80.6. The number of benzene rings is 6. The van der Waals surface area contributed by atoms with Gasteiger partial charge >= 0.3 is 0 Å². The molecule has 0 heterocycles. The van der Waals surface area contributed by atoms with Gasteiger partial charge in [0, 0.05) is 0 Å². The first-order valence-corrected chi connectivity index (χ1v) is 46.6. The molecule has 0 saturated heterocycles. The van der Waals surface area contributed by atoms with Crippen LogP contribution in [0.1, 0.15) is 392 Å². The molecule has 0 fully saturated rings. The second-order valence-electron chi connectivity index (χ2n) is 42.3. The van der Waals surface area contributed by atoms with Crippen LogP contribution in [0.5, 0.6) is 0 Å². The minimum atomic E-state index is 0.723. The van der Waals surface area contributed by atoms with Crippen molar-refractivity contribution in [3.05, 3.63) is 168 Å². The van der Waals surface area contributed by atoms with Crippen molar-refractivity contribution in [1.29, 1.82) is 0 Å². The summed E-state index contributed by atoms with van der Waals surface area (Å²) < 4.78 is 0. The van der Waals surface area contributed by atoms with Crippen molar-refractivity contribution in [2.45, 2.75) is 396 Å². The van der Waals surface area contributed by atoms with E-state index in [2.05, 4.69) is 464 Å². The summed E-state index contributed by atoms with van der Waals surface area (Å²) in [5, 5.41) is 5.52. The molecule has 0 bridgehead atoms. The molecule has 0 amide bonds. The lowest BCUT2D eigenvalue weighted by Gasteiger charge is -2.08. The molecule has 0 radical (unpaired) electrons. The summed E-state index contributed by atoms with van der Waals surface area (Å²) in [6.45, 7) is 103. The van der Waals surface area contributed by atoms with Crippen LogP contribution >= 0.6 is 0 Å². The molecule has 0 heteroatoms. The first-order valence-electron chi connectivity index (χ1n) is 46.6. The van der Waals surface area contributed by atoms with E-state index in [1.807, 2.05) is 0 Å². The van der Waals surface area contributed by atoms with Gasteiger partial charge in [0.15, 0.2) is 0 Å². The number of hydrogen-bond acceptors (Lipinski definition) is 0. The van der Waals surface area contributed by atoms with Crippen molar-refractivity contribution >= 4 is 21.5 Å². The van der Waals surface area contributed by atoms with E-state index in [4.69, 9.17) is 0 Å². The highest BCUT2D eigenvalue weighted by Crippen LogP contribution is 2.23. The van der Waals surface area contributed by atoms with E-state index in [0.717, 1.165) is 130 Å². The molecule has 0 spiro atoms. The third-order valence-corrected chi connectivity index (χ3v) is 15.5. The van der Waals surface area contributed by atoms with Crippen LogP contribution in [-0.4, -0.2) is 0 Å². The molecule has 0 aliphatic carbocycles. The molecule has 0 atom stereocenters. The topological polar surface area (TPSA) is 0 Å². The van der Waals surface area contributed by atoms with E-state index >= 15 is 0 Å². The summed E-state index contributed by atoms with van der Waals surface area (Å²) in [5.41, 5.74) is 5.83. The van der Waals surface area contributed by atoms with Crippen LogP contribution in [0.2, 0.25) is 0 Å². The standard InChI is InChI=1S/2C14H16.2C10H14.8C7H16.2C4H10/c2*1-11(2)10-13-8-5-7-12-6-3-4-9-14(12)13;2*1-9(2)8-10-6-4-3-5-7-10;8*1-6(2)5-7(3)4;2*1-4(2)3/h2*3-9,11H,10H2,1-2H3;2*3-7,9H,8H2,1-2H3;8*6-7H,5H2,1-4H3;2*4H,1-3H3. The van der Waals surface area contributed by atoms with Crippen LogP contribution in [-0.2, 0) is 25.7 Å². The van der Waals surface area contributed by atoms with Crippen LogP contribution < -0.4 is 0 Å². The zero-order valence-corrected chi connectivity index (χ0v) is 85.0. The van der Waals surface area contributed by atoms with Crippen LogP contribution in [0, 0.1) is 130 Å². The zero-order valence-electron chi connectivity index (χ0n) is 85.0. The van der Waals surface area contributed by atoms with E-state index in [1.165, 1.54) is 121 Å². The molecule has 6 rings (SSSR count). The van der Waals surface area contributed by atoms with Gasteiger partial charge in [0.1, 0.15) is 0 Å². The van der Waals surface area contributed by atoms with Gasteiger partial charge in [0.05, 0.1) is 0 Å². The highest BCUT2D eigenvalue weighted by atomic mass is 14.1. The van der Waals surface area contributed by atoms with Crippen LogP contribution in [0.3, 0.4) is 0 Å². The van der Waals surface area contributed by atoms with Gasteiger partial charge in [-0.15, -0.1) is 0 Å². The van der Waals surface area contributed by atoms with Crippen molar-refractivity contribution in [3.63, 3.8) is 0 Å². The third-order valence-electron chi connectivity index (χ3n) is 15.5. The number of rotatable bonds is 24. The Balaban J connectivity index is -0.000000176. The Morgan fingerprint density at radius 2 is 0.286 bits per heavy atom. The van der Waals surface area contributed by atoms with E-state index in [0.29, 0.717) is 0 Å². The van der Waals surface area contributed by atoms with Gasteiger partial charge in [-0.1, -0.05) is 464 Å². The van der Waals surface area contributed by atoms with Gasteiger partial charge in [0.25, 0.3) is 0 Å². The van der Waals surface area contributed by atoms with Crippen molar-refractivity contribution in [3.8, 4) is 0 Å². The minimum absolute atomic E-state index is 0.723. The molecule has 0 nitrogen and oxygen atoms in total. The Bertz CT molecular complexity index is 2390. The summed E-state index contributed by atoms with van der Waals surface area (Å²) in [4.78, 5) is 0. The predicted octanol–water partition coefficient (Wildman–Crippen LogP) is 38.7. The van der Waals surface area contributed by atoms with Crippen molar-refractivity contribution < 1.29 is 0 Å². The van der Waals surface area contributed by atoms with E-state index in [1.54, 1.807) is 0 Å². The van der Waals surface area contributed by atoms with E-state index in [9.17, 15) is 0 Å². The van der Waals surface area contributed by atoms with Crippen molar-refractivity contribution in [2.24, 2.45) is 130 Å². The van der Waals surface area contributed by atoms with Gasteiger partial charge < -0.3 is 0 Å². The summed E-state index contributed by atoms with van der Waals surface area (Å²) >= 11 is 0. The van der Waals surface area contributed by atoms with Crippen molar-refractivity contribution in [1.82, 2.24) is 0 Å². The first kappa shape index (κ1) is 123. The van der Waals surface area contributed by atoms with Gasteiger partial charge in [-0.05, 0) is 251 Å². The van der Waals surface area contributed by atoms with Gasteiger partial charge in [-0.25, -0.2) is 0 Å². The highest BCUT2D eigenvalue weighted by Gasteiger charge is 2.06. The Hall–Kier alpha value is -4.16. The average Bonchev–Trinajstić information content (AvgIpc) is 0.837. The minimum Gasteiger partial charge on any atom is -0.0630 e. The molecule has 6 aromatic rings. The lowest BCUT2D eigenvalue weighted by molar-refractivity contribution is 0.469. The summed E-state index contributed by atoms with van der Waals surface area (Å²) in [7, 11) is 0. The van der Waals surface area contributed by atoms with Gasteiger partial charge in [-0.2, -0.15) is 0 Å². The summed E-state index contributed by atoms with van der Waals surface area (Å²) in [6.07, 6.45) is 15.6. The third kappa shape index (κ3) is 112. The Morgan fingerprint density at radius 1 is 0.143 bits per heavy atom. The van der Waals surface area contributed by atoms with E-state index in [-0.39, 0.29) is 0 Å². The molecule has 6 aromatic carbocycles. The van der Waals surface area contributed by atoms with Crippen molar-refractivity contribution in [2.75, 3.05) is 0 Å². The fourth-order valence-electron chi connectivity index (χ4n) is 13.5. The molecule has 112 heavy (non-hydrogen) atoms. The quantitative estimate of drug-likeness (QED) is 0.0567. The van der Waals surface area contributed by atoms with E-state index < -0.39 is 0 Å². The highest BCUT2D eigenvalue weighted by molar-refractivity contribution is 5.86. The molecule has 0 N–H and O–H groups in total. The maximum Gasteiger partial charge on any atom is -0.0152 e. The fraction of sp³-hybridized carbons (Fsp3) is 0.714. The van der Waals surface area contributed by atoms with Gasteiger partial charge in [-0.3, -0.25) is 0 Å². The molecule has 0 saturated carbocycles. The molecule has 0 aliphatic heterocycles. The molecular formula is C112H208. The second-order valence-corrected chi connectivity index (χ2v) is 42.3. The molecular weight excluding hydrogens is 1350 g/mol. The first-order chi connectivity index (χ1) is 51.6. The smallest absolute Gasteiger partial charge is 0.0152 e. The van der Waals surface area contributed by atoms with Crippen LogP contribution in [0.25, 0.3) is 21.5 Å². The van der Waals surface area contributed by atoms with Gasteiger partial charge in [0.2, 0.25) is 0 Å².